The fraction of sp³-hybridized carbons (Fsp3) is 0.312. The summed E-state index contributed by atoms with van der Waals surface area (Å²) < 4.78 is 2.28. The number of carbonyl (C=O) groups excluding carboxylic acids is 1. The summed E-state index contributed by atoms with van der Waals surface area (Å²) >= 11 is 6.04. The number of hydrogen-bond donors (Lipinski definition) is 2. The first-order chi connectivity index (χ1) is 9.93. The van der Waals surface area contributed by atoms with Crippen LogP contribution in [0.3, 0.4) is 0 Å². The van der Waals surface area contributed by atoms with Crippen LogP contribution in [-0.2, 0) is 13.1 Å². The van der Waals surface area contributed by atoms with Crippen molar-refractivity contribution in [1.82, 2.24) is 4.57 Å². The fourth-order valence-electron chi connectivity index (χ4n) is 2.56. The average molecular weight is 306 g/mol. The van der Waals surface area contributed by atoms with Gasteiger partial charge in [-0.05, 0) is 50.6 Å². The predicted molar refractivity (Wildman–Crippen MR) is 86.9 cm³/mol. The number of carbonyl (C=O) groups is 1. The Morgan fingerprint density at radius 3 is 2.57 bits per heavy atom. The van der Waals surface area contributed by atoms with Gasteiger partial charge < -0.3 is 15.6 Å². The molecule has 0 unspecified atom stereocenters. The van der Waals surface area contributed by atoms with Crippen molar-refractivity contribution in [2.45, 2.75) is 33.9 Å². The summed E-state index contributed by atoms with van der Waals surface area (Å²) in [6.45, 7) is 8.05. The molecular weight excluding hydrogens is 286 g/mol. The zero-order valence-corrected chi connectivity index (χ0v) is 13.3. The molecule has 4 nitrogen and oxygen atoms in total. The Hall–Kier alpha value is -1.94. The number of nitrogens with two attached hydrogens (primary N) is 1. The summed E-state index contributed by atoms with van der Waals surface area (Å²) in [7, 11) is 0. The topological polar surface area (TPSA) is 60.1 Å². The molecule has 0 fully saturated rings. The van der Waals surface area contributed by atoms with Gasteiger partial charge in [-0.2, -0.15) is 0 Å². The molecule has 0 aliphatic carbocycles. The predicted octanol–water partition coefficient (Wildman–Crippen LogP) is 3.49. The fourth-order valence-corrected chi connectivity index (χ4v) is 2.83. The van der Waals surface area contributed by atoms with Crippen molar-refractivity contribution in [2.75, 3.05) is 5.32 Å². The van der Waals surface area contributed by atoms with Gasteiger partial charge in [0.2, 0.25) is 5.91 Å². The van der Waals surface area contributed by atoms with E-state index in [1.165, 1.54) is 17.0 Å². The first-order valence-corrected chi connectivity index (χ1v) is 7.30. The van der Waals surface area contributed by atoms with Crippen molar-refractivity contribution in [3.63, 3.8) is 0 Å². The van der Waals surface area contributed by atoms with Crippen LogP contribution in [0.2, 0.25) is 5.02 Å². The molecule has 0 saturated carbocycles. The summed E-state index contributed by atoms with van der Waals surface area (Å²) in [5.41, 5.74) is 10.2. The van der Waals surface area contributed by atoms with Gasteiger partial charge in [0.25, 0.3) is 0 Å². The second-order valence-corrected chi connectivity index (χ2v) is 5.46. The third-order valence-corrected chi connectivity index (χ3v) is 4.02. The lowest BCUT2D eigenvalue weighted by Crippen LogP contribution is -2.11. The van der Waals surface area contributed by atoms with Gasteiger partial charge >= 0.3 is 0 Å². The van der Waals surface area contributed by atoms with Crippen molar-refractivity contribution >= 4 is 23.2 Å². The van der Waals surface area contributed by atoms with Crippen molar-refractivity contribution in [1.29, 1.82) is 0 Å². The maximum absolute atomic E-state index is 11.1. The molecular formula is C16H20ClN3O. The smallest absolute Gasteiger partial charge is 0.250 e. The molecule has 21 heavy (non-hydrogen) atoms. The zero-order valence-electron chi connectivity index (χ0n) is 12.5. The normalized spacial score (nSPS) is 10.7. The molecule has 0 bridgehead atoms. The first-order valence-electron chi connectivity index (χ1n) is 6.92. The molecule has 2 aromatic rings. The minimum atomic E-state index is -0.516. The standard InChI is InChI=1S/C16H20ClN3O/c1-4-20-10(2)7-12(11(20)3)9-19-13-5-6-14(16(18)21)15(17)8-13/h5-8,19H,4,9H2,1-3H3,(H2,18,21). The van der Waals surface area contributed by atoms with E-state index in [9.17, 15) is 4.79 Å². The number of halogens is 1. The Kier molecular flexibility index (Phi) is 4.58. The number of nitrogens with one attached hydrogen (secondary N) is 1. The minimum absolute atomic E-state index is 0.339. The lowest BCUT2D eigenvalue weighted by Gasteiger charge is -2.09. The summed E-state index contributed by atoms with van der Waals surface area (Å²) in [6.07, 6.45) is 0. The van der Waals surface area contributed by atoms with Crippen LogP contribution in [0.25, 0.3) is 0 Å². The molecule has 5 heteroatoms. The van der Waals surface area contributed by atoms with Crippen LogP contribution in [0, 0.1) is 13.8 Å². The van der Waals surface area contributed by atoms with Gasteiger partial charge in [0.15, 0.2) is 0 Å². The van der Waals surface area contributed by atoms with Crippen LogP contribution in [0.1, 0.15) is 34.2 Å². The lowest BCUT2D eigenvalue weighted by atomic mass is 10.2. The number of hydrogen-bond acceptors (Lipinski definition) is 2. The van der Waals surface area contributed by atoms with Gasteiger partial charge in [0.05, 0.1) is 10.6 Å². The van der Waals surface area contributed by atoms with E-state index in [0.717, 1.165) is 12.2 Å². The van der Waals surface area contributed by atoms with Gasteiger partial charge in [0.1, 0.15) is 0 Å². The van der Waals surface area contributed by atoms with Crippen LogP contribution in [0.5, 0.6) is 0 Å². The second-order valence-electron chi connectivity index (χ2n) is 5.05. The van der Waals surface area contributed by atoms with E-state index < -0.39 is 5.91 Å². The summed E-state index contributed by atoms with van der Waals surface area (Å²) in [4.78, 5) is 11.1. The van der Waals surface area contributed by atoms with E-state index >= 15 is 0 Å². The average Bonchev–Trinajstić information content (AvgIpc) is 2.70. The molecule has 0 saturated heterocycles. The quantitative estimate of drug-likeness (QED) is 0.888. The number of primary amides is 1. The molecule has 112 valence electrons. The molecule has 0 atom stereocenters. The molecule has 1 amide bonds. The number of amides is 1. The number of anilines is 1. The third kappa shape index (κ3) is 3.22. The summed E-state index contributed by atoms with van der Waals surface area (Å²) in [5, 5.41) is 3.69. The lowest BCUT2D eigenvalue weighted by molar-refractivity contribution is 0.100. The highest BCUT2D eigenvalue weighted by atomic mass is 35.5. The Labute approximate surface area is 129 Å². The van der Waals surface area contributed by atoms with Crippen molar-refractivity contribution < 1.29 is 4.79 Å². The molecule has 0 spiro atoms. The van der Waals surface area contributed by atoms with Gasteiger partial charge in [0, 0.05) is 30.2 Å². The molecule has 2 rings (SSSR count). The van der Waals surface area contributed by atoms with E-state index in [1.807, 2.05) is 6.07 Å². The third-order valence-electron chi connectivity index (χ3n) is 3.71. The molecule has 0 aliphatic rings. The van der Waals surface area contributed by atoms with Gasteiger partial charge in [-0.15, -0.1) is 0 Å². The molecule has 1 heterocycles. The second kappa shape index (κ2) is 6.22. The van der Waals surface area contributed by atoms with Crippen LogP contribution in [-0.4, -0.2) is 10.5 Å². The first kappa shape index (κ1) is 15.4. The van der Waals surface area contributed by atoms with Crippen molar-refractivity contribution in [3.05, 3.63) is 51.8 Å². The number of aromatic nitrogens is 1. The molecule has 0 radical (unpaired) electrons. The van der Waals surface area contributed by atoms with E-state index in [2.05, 4.69) is 36.7 Å². The molecule has 1 aromatic heterocycles. The van der Waals surface area contributed by atoms with E-state index in [1.54, 1.807) is 12.1 Å². The monoisotopic (exact) mass is 305 g/mol. The molecule has 3 N–H and O–H groups in total. The summed E-state index contributed by atoms with van der Waals surface area (Å²) in [5.74, 6) is -0.516. The Balaban J connectivity index is 2.13. The van der Waals surface area contributed by atoms with E-state index in [4.69, 9.17) is 17.3 Å². The zero-order chi connectivity index (χ0) is 15.6. The minimum Gasteiger partial charge on any atom is -0.381 e. The Morgan fingerprint density at radius 1 is 1.33 bits per heavy atom. The highest BCUT2D eigenvalue weighted by Crippen LogP contribution is 2.22. The van der Waals surface area contributed by atoms with E-state index in [0.29, 0.717) is 17.1 Å². The van der Waals surface area contributed by atoms with Crippen molar-refractivity contribution in [3.8, 4) is 0 Å². The Morgan fingerprint density at radius 2 is 2.05 bits per heavy atom. The van der Waals surface area contributed by atoms with Crippen LogP contribution in [0.4, 0.5) is 5.69 Å². The largest absolute Gasteiger partial charge is 0.381 e. The molecule has 1 aromatic carbocycles. The van der Waals surface area contributed by atoms with Crippen LogP contribution >= 0.6 is 11.6 Å². The number of benzene rings is 1. The van der Waals surface area contributed by atoms with E-state index in [-0.39, 0.29) is 0 Å². The van der Waals surface area contributed by atoms with Crippen LogP contribution in [0.15, 0.2) is 24.3 Å². The number of aryl methyl sites for hydroxylation is 1. The maximum atomic E-state index is 11.1. The van der Waals surface area contributed by atoms with Crippen molar-refractivity contribution in [2.24, 2.45) is 5.73 Å². The highest BCUT2D eigenvalue weighted by Gasteiger charge is 2.09. The maximum Gasteiger partial charge on any atom is 0.250 e. The number of rotatable bonds is 5. The SMILES string of the molecule is CCn1c(C)cc(CNc2ccc(C(N)=O)c(Cl)c2)c1C. The number of nitrogens with zero attached hydrogens (tertiary/aromatic N) is 1. The van der Waals surface area contributed by atoms with Gasteiger partial charge in [-0.25, -0.2) is 0 Å². The Bertz CT molecular complexity index is 676. The highest BCUT2D eigenvalue weighted by molar-refractivity contribution is 6.34. The summed E-state index contributed by atoms with van der Waals surface area (Å²) in [6, 6.07) is 7.36. The van der Waals surface area contributed by atoms with Gasteiger partial charge in [-0.3, -0.25) is 4.79 Å². The molecule has 0 aliphatic heterocycles. The van der Waals surface area contributed by atoms with Gasteiger partial charge in [-0.1, -0.05) is 11.6 Å². The van der Waals surface area contributed by atoms with Crippen LogP contribution < -0.4 is 11.1 Å².